The second kappa shape index (κ2) is 6.73. The van der Waals surface area contributed by atoms with Crippen LogP contribution in [0.1, 0.15) is 21.5 Å². The zero-order valence-electron chi connectivity index (χ0n) is 14.6. The van der Waals surface area contributed by atoms with Gasteiger partial charge in [-0.05, 0) is 61.9 Å². The maximum atomic E-state index is 12.5. The van der Waals surface area contributed by atoms with Crippen LogP contribution in [0.25, 0.3) is 20.8 Å². The Morgan fingerprint density at radius 2 is 1.81 bits per heavy atom. The van der Waals surface area contributed by atoms with Gasteiger partial charge in [-0.3, -0.25) is 4.79 Å². The second-order valence-corrected chi connectivity index (χ2v) is 7.37. The van der Waals surface area contributed by atoms with Crippen molar-refractivity contribution < 1.29 is 4.79 Å². The predicted octanol–water partition coefficient (Wildman–Crippen LogP) is 5.83. The van der Waals surface area contributed by atoms with E-state index in [9.17, 15) is 4.79 Å². The lowest BCUT2D eigenvalue weighted by Crippen LogP contribution is -2.12. The molecule has 0 saturated heterocycles. The van der Waals surface area contributed by atoms with Gasteiger partial charge in [-0.25, -0.2) is 4.98 Å². The average molecular weight is 358 g/mol. The lowest BCUT2D eigenvalue weighted by atomic mass is 10.1. The van der Waals surface area contributed by atoms with E-state index in [1.807, 2.05) is 68.4 Å². The Bertz CT molecular complexity index is 1080. The fraction of sp³-hybridized carbons (Fsp3) is 0.0909. The quantitative estimate of drug-likeness (QED) is 0.500. The maximum Gasteiger partial charge on any atom is 0.255 e. The zero-order valence-corrected chi connectivity index (χ0v) is 15.4. The van der Waals surface area contributed by atoms with Crippen LogP contribution in [0.4, 0.5) is 5.69 Å². The molecule has 0 fully saturated rings. The highest BCUT2D eigenvalue weighted by Crippen LogP contribution is 2.32. The molecule has 3 aromatic carbocycles. The number of rotatable bonds is 3. The third-order valence-electron chi connectivity index (χ3n) is 4.30. The first-order chi connectivity index (χ1) is 12.6. The van der Waals surface area contributed by atoms with Crippen molar-refractivity contribution in [1.82, 2.24) is 4.98 Å². The van der Waals surface area contributed by atoms with Crippen molar-refractivity contribution >= 4 is 33.1 Å². The van der Waals surface area contributed by atoms with Crippen LogP contribution < -0.4 is 5.32 Å². The molecule has 0 spiro atoms. The Balaban J connectivity index is 1.60. The van der Waals surface area contributed by atoms with Crippen LogP contribution in [0.2, 0.25) is 0 Å². The van der Waals surface area contributed by atoms with Gasteiger partial charge in [0.2, 0.25) is 0 Å². The van der Waals surface area contributed by atoms with Crippen LogP contribution in [-0.4, -0.2) is 10.9 Å². The molecule has 0 radical (unpaired) electrons. The molecule has 3 nitrogen and oxygen atoms in total. The van der Waals surface area contributed by atoms with Crippen molar-refractivity contribution in [2.24, 2.45) is 0 Å². The Morgan fingerprint density at radius 1 is 0.962 bits per heavy atom. The summed E-state index contributed by atoms with van der Waals surface area (Å²) in [5.74, 6) is -0.0930. The number of benzene rings is 3. The number of anilines is 1. The molecule has 0 bridgehead atoms. The Labute approximate surface area is 156 Å². The molecule has 0 aliphatic rings. The summed E-state index contributed by atoms with van der Waals surface area (Å²) < 4.78 is 1.18. The molecule has 1 aromatic heterocycles. The van der Waals surface area contributed by atoms with Crippen LogP contribution >= 0.6 is 11.3 Å². The van der Waals surface area contributed by atoms with E-state index in [1.165, 1.54) is 4.70 Å². The van der Waals surface area contributed by atoms with Gasteiger partial charge in [-0.1, -0.05) is 29.8 Å². The fourth-order valence-electron chi connectivity index (χ4n) is 2.91. The molecule has 0 atom stereocenters. The lowest BCUT2D eigenvalue weighted by Gasteiger charge is -2.10. The normalized spacial score (nSPS) is 10.8. The van der Waals surface area contributed by atoms with E-state index >= 15 is 0 Å². The van der Waals surface area contributed by atoms with Crippen LogP contribution in [0.5, 0.6) is 0 Å². The minimum Gasteiger partial charge on any atom is -0.322 e. The summed E-state index contributed by atoms with van der Waals surface area (Å²) in [6.45, 7) is 3.98. The van der Waals surface area contributed by atoms with Gasteiger partial charge in [0.15, 0.2) is 0 Å². The molecule has 4 aromatic rings. The number of aromatic nitrogens is 1. The topological polar surface area (TPSA) is 42.0 Å². The standard InChI is InChI=1S/C22H18N2OS/c1-14-6-5-7-16(12-14)21(25)23-18-11-10-17(13-15(18)2)22-24-19-8-3-4-9-20(19)26-22/h3-13H,1-2H3,(H,23,25). The van der Waals surface area contributed by atoms with Crippen LogP contribution in [0, 0.1) is 13.8 Å². The molecule has 1 heterocycles. The summed E-state index contributed by atoms with van der Waals surface area (Å²) in [6.07, 6.45) is 0. The van der Waals surface area contributed by atoms with E-state index in [4.69, 9.17) is 4.98 Å². The van der Waals surface area contributed by atoms with Gasteiger partial charge in [0.25, 0.3) is 5.91 Å². The number of amides is 1. The van der Waals surface area contributed by atoms with Gasteiger partial charge in [0.05, 0.1) is 10.2 Å². The highest BCUT2D eigenvalue weighted by molar-refractivity contribution is 7.21. The van der Waals surface area contributed by atoms with Gasteiger partial charge >= 0.3 is 0 Å². The predicted molar refractivity (Wildman–Crippen MR) is 109 cm³/mol. The number of fused-ring (bicyclic) bond motifs is 1. The van der Waals surface area contributed by atoms with Crippen LogP contribution in [-0.2, 0) is 0 Å². The van der Waals surface area contributed by atoms with Crippen molar-refractivity contribution in [2.45, 2.75) is 13.8 Å². The van der Waals surface area contributed by atoms with E-state index in [-0.39, 0.29) is 5.91 Å². The number of hydrogen-bond donors (Lipinski definition) is 1. The number of nitrogens with one attached hydrogen (secondary N) is 1. The molecule has 4 rings (SSSR count). The highest BCUT2D eigenvalue weighted by atomic mass is 32.1. The first-order valence-corrected chi connectivity index (χ1v) is 9.26. The monoisotopic (exact) mass is 358 g/mol. The molecule has 0 aliphatic heterocycles. The first kappa shape index (κ1) is 16.5. The number of aryl methyl sites for hydroxylation is 2. The maximum absolute atomic E-state index is 12.5. The Kier molecular flexibility index (Phi) is 4.27. The highest BCUT2D eigenvalue weighted by Gasteiger charge is 2.11. The molecular formula is C22H18N2OS. The number of carbonyl (C=O) groups excluding carboxylic acids is 1. The number of para-hydroxylation sites is 1. The summed E-state index contributed by atoms with van der Waals surface area (Å²) in [4.78, 5) is 17.2. The Hall–Kier alpha value is -2.98. The molecule has 128 valence electrons. The molecule has 4 heteroatoms. The number of nitrogens with zero attached hydrogens (tertiary/aromatic N) is 1. The molecule has 1 N–H and O–H groups in total. The summed E-state index contributed by atoms with van der Waals surface area (Å²) >= 11 is 1.68. The van der Waals surface area contributed by atoms with Crippen molar-refractivity contribution in [2.75, 3.05) is 5.32 Å². The lowest BCUT2D eigenvalue weighted by molar-refractivity contribution is 0.102. The molecule has 0 aliphatic carbocycles. The van der Waals surface area contributed by atoms with Crippen LogP contribution in [0.15, 0.2) is 66.7 Å². The zero-order chi connectivity index (χ0) is 18.1. The van der Waals surface area contributed by atoms with E-state index in [2.05, 4.69) is 17.4 Å². The summed E-state index contributed by atoms with van der Waals surface area (Å²) in [5, 5.41) is 3.99. The van der Waals surface area contributed by atoms with Crippen molar-refractivity contribution in [3.05, 3.63) is 83.4 Å². The number of hydrogen-bond acceptors (Lipinski definition) is 3. The van der Waals surface area contributed by atoms with Crippen LogP contribution in [0.3, 0.4) is 0 Å². The van der Waals surface area contributed by atoms with Gasteiger partial charge in [-0.15, -0.1) is 11.3 Å². The Morgan fingerprint density at radius 3 is 2.58 bits per heavy atom. The first-order valence-electron chi connectivity index (χ1n) is 8.45. The second-order valence-electron chi connectivity index (χ2n) is 6.34. The minimum absolute atomic E-state index is 0.0930. The van der Waals surface area contributed by atoms with Gasteiger partial charge in [-0.2, -0.15) is 0 Å². The minimum atomic E-state index is -0.0930. The molecule has 0 saturated carbocycles. The third kappa shape index (κ3) is 3.24. The molecule has 1 amide bonds. The van der Waals surface area contributed by atoms with Crippen molar-refractivity contribution in [3.8, 4) is 10.6 Å². The van der Waals surface area contributed by atoms with Gasteiger partial charge in [0.1, 0.15) is 5.01 Å². The number of thiazole rings is 1. The van der Waals surface area contributed by atoms with Gasteiger partial charge in [0, 0.05) is 16.8 Å². The summed E-state index contributed by atoms with van der Waals surface area (Å²) in [5.41, 5.74) is 5.66. The van der Waals surface area contributed by atoms with E-state index in [1.54, 1.807) is 11.3 Å². The van der Waals surface area contributed by atoms with E-state index < -0.39 is 0 Å². The smallest absolute Gasteiger partial charge is 0.255 e. The van der Waals surface area contributed by atoms with E-state index in [0.29, 0.717) is 5.56 Å². The third-order valence-corrected chi connectivity index (χ3v) is 5.38. The van der Waals surface area contributed by atoms with E-state index in [0.717, 1.165) is 32.9 Å². The summed E-state index contributed by atoms with van der Waals surface area (Å²) in [7, 11) is 0. The van der Waals surface area contributed by atoms with Crippen molar-refractivity contribution in [1.29, 1.82) is 0 Å². The molecule has 0 unspecified atom stereocenters. The molecular weight excluding hydrogens is 340 g/mol. The number of carbonyl (C=O) groups is 1. The molecule has 26 heavy (non-hydrogen) atoms. The largest absolute Gasteiger partial charge is 0.322 e. The SMILES string of the molecule is Cc1cccc(C(=O)Nc2ccc(-c3nc4ccccc4s3)cc2C)c1. The fourth-order valence-corrected chi connectivity index (χ4v) is 3.88. The average Bonchev–Trinajstić information content (AvgIpc) is 3.07. The summed E-state index contributed by atoms with van der Waals surface area (Å²) in [6, 6.07) is 21.8. The van der Waals surface area contributed by atoms with Gasteiger partial charge < -0.3 is 5.32 Å². The van der Waals surface area contributed by atoms with Crippen molar-refractivity contribution in [3.63, 3.8) is 0 Å².